The van der Waals surface area contributed by atoms with Gasteiger partial charge < -0.3 is 0 Å². The van der Waals surface area contributed by atoms with Crippen LogP contribution < -0.4 is 0 Å². The summed E-state index contributed by atoms with van der Waals surface area (Å²) in [7, 11) is 0. The Hall–Kier alpha value is 0. The minimum absolute atomic E-state index is 0.834. The van der Waals surface area contributed by atoms with Gasteiger partial charge in [0.05, 0.1) is 0 Å². The van der Waals surface area contributed by atoms with Gasteiger partial charge in [-0.3, -0.25) is 0 Å². The van der Waals surface area contributed by atoms with Gasteiger partial charge in [0.2, 0.25) is 0 Å². The fourth-order valence-electron chi connectivity index (χ4n) is 4.23. The van der Waals surface area contributed by atoms with E-state index >= 15 is 0 Å². The van der Waals surface area contributed by atoms with Crippen molar-refractivity contribution in [2.24, 2.45) is 23.2 Å². The van der Waals surface area contributed by atoms with Crippen LogP contribution in [0.3, 0.4) is 0 Å². The van der Waals surface area contributed by atoms with E-state index in [1.807, 2.05) is 0 Å². The third kappa shape index (κ3) is 0.625. The van der Waals surface area contributed by atoms with Gasteiger partial charge >= 0.3 is 0 Å². The lowest BCUT2D eigenvalue weighted by Gasteiger charge is -2.47. The first-order chi connectivity index (χ1) is 5.31. The summed E-state index contributed by atoms with van der Waals surface area (Å²) in [4.78, 5) is 0. The van der Waals surface area contributed by atoms with Gasteiger partial charge in [0.25, 0.3) is 0 Å². The molecule has 0 radical (unpaired) electrons. The number of rotatable bonds is 0. The average Bonchev–Trinajstić information content (AvgIpc) is 2.48. The highest BCUT2D eigenvalue weighted by atomic mass is 14.6. The van der Waals surface area contributed by atoms with Crippen molar-refractivity contribution in [3.8, 4) is 0 Å². The summed E-state index contributed by atoms with van der Waals surface area (Å²) in [6.07, 6.45) is 9.38. The lowest BCUT2D eigenvalue weighted by atomic mass is 9.57. The Kier molecular flexibility index (Phi) is 1.09. The van der Waals surface area contributed by atoms with E-state index < -0.39 is 0 Å². The number of hydrogen-bond acceptors (Lipinski definition) is 0. The van der Waals surface area contributed by atoms with Crippen LogP contribution in [0.4, 0.5) is 0 Å². The third-order valence-corrected chi connectivity index (χ3v) is 5.01. The van der Waals surface area contributed by atoms with Crippen LogP contribution >= 0.6 is 0 Å². The van der Waals surface area contributed by atoms with E-state index in [0.29, 0.717) is 0 Å². The molecule has 4 rings (SSSR count). The molecule has 0 amide bonds. The highest BCUT2D eigenvalue weighted by Crippen LogP contribution is 2.69. The van der Waals surface area contributed by atoms with Crippen LogP contribution in [0.15, 0.2) is 0 Å². The van der Waals surface area contributed by atoms with Crippen LogP contribution in [0.2, 0.25) is 0 Å². The molecular formula is C11H18. The summed E-state index contributed by atoms with van der Waals surface area (Å²) in [6, 6.07) is 0. The van der Waals surface area contributed by atoms with Crippen LogP contribution in [0, 0.1) is 23.2 Å². The van der Waals surface area contributed by atoms with E-state index in [1.54, 1.807) is 25.7 Å². The SMILES string of the molecule is CC12CCCCC3CC1CC32. The monoisotopic (exact) mass is 150 g/mol. The molecule has 11 heavy (non-hydrogen) atoms. The van der Waals surface area contributed by atoms with Crippen molar-refractivity contribution in [2.45, 2.75) is 45.4 Å². The van der Waals surface area contributed by atoms with Gasteiger partial charge in [-0.1, -0.05) is 26.2 Å². The largest absolute Gasteiger partial charge is 0.0591 e. The zero-order valence-electron chi connectivity index (χ0n) is 7.47. The minimum atomic E-state index is 0.834. The first-order valence-electron chi connectivity index (χ1n) is 5.31. The molecule has 4 fully saturated rings. The molecule has 62 valence electrons. The predicted octanol–water partition coefficient (Wildman–Crippen LogP) is 3.22. The molecule has 0 aromatic rings. The highest BCUT2D eigenvalue weighted by molar-refractivity contribution is 5.09. The van der Waals surface area contributed by atoms with Gasteiger partial charge in [-0.15, -0.1) is 0 Å². The maximum absolute atomic E-state index is 2.57. The fraction of sp³-hybridized carbons (Fsp3) is 1.00. The summed E-state index contributed by atoms with van der Waals surface area (Å²) < 4.78 is 0. The minimum Gasteiger partial charge on any atom is -0.0591 e. The summed E-state index contributed by atoms with van der Waals surface area (Å²) in [5.74, 6) is 3.47. The van der Waals surface area contributed by atoms with Crippen molar-refractivity contribution in [1.82, 2.24) is 0 Å². The molecule has 0 aromatic carbocycles. The highest BCUT2D eigenvalue weighted by Gasteiger charge is 2.60. The van der Waals surface area contributed by atoms with Crippen molar-refractivity contribution in [2.75, 3.05) is 0 Å². The Morgan fingerprint density at radius 1 is 1.18 bits per heavy atom. The molecule has 0 aliphatic heterocycles. The third-order valence-electron chi connectivity index (χ3n) is 5.01. The molecule has 0 aromatic heterocycles. The second kappa shape index (κ2) is 1.84. The van der Waals surface area contributed by atoms with Gasteiger partial charge in [0.1, 0.15) is 0 Å². The molecule has 0 spiro atoms. The standard InChI is InChI=1S/C11H18/c1-11-5-3-2-4-8-6-9(11)7-10(8)11/h8-10H,2-7H2,1H3. The van der Waals surface area contributed by atoms with E-state index in [1.165, 1.54) is 12.8 Å². The Morgan fingerprint density at radius 3 is 3.00 bits per heavy atom. The lowest BCUT2D eigenvalue weighted by molar-refractivity contribution is 0.0150. The molecule has 0 saturated heterocycles. The molecule has 4 aliphatic rings. The predicted molar refractivity (Wildman–Crippen MR) is 46.3 cm³/mol. The Balaban J connectivity index is 1.95. The second-order valence-electron chi connectivity index (χ2n) is 5.29. The zero-order chi connectivity index (χ0) is 7.47. The van der Waals surface area contributed by atoms with Gasteiger partial charge in [-0.05, 0) is 42.4 Å². The van der Waals surface area contributed by atoms with Crippen molar-refractivity contribution in [3.63, 3.8) is 0 Å². The van der Waals surface area contributed by atoms with Crippen molar-refractivity contribution in [1.29, 1.82) is 0 Å². The van der Waals surface area contributed by atoms with Crippen LogP contribution in [0.1, 0.15) is 45.4 Å². The molecule has 4 bridgehead atoms. The summed E-state index contributed by atoms with van der Waals surface area (Å²) in [5, 5.41) is 0. The number of hydrogen-bond donors (Lipinski definition) is 0. The summed E-state index contributed by atoms with van der Waals surface area (Å²) in [6.45, 7) is 2.57. The van der Waals surface area contributed by atoms with Crippen LogP contribution in [-0.4, -0.2) is 0 Å². The van der Waals surface area contributed by atoms with E-state index in [0.717, 1.165) is 23.2 Å². The summed E-state index contributed by atoms with van der Waals surface area (Å²) in [5.41, 5.74) is 0.834. The normalized spacial score (nSPS) is 60.3. The molecule has 0 heterocycles. The van der Waals surface area contributed by atoms with Crippen molar-refractivity contribution in [3.05, 3.63) is 0 Å². The van der Waals surface area contributed by atoms with Crippen molar-refractivity contribution >= 4 is 0 Å². The van der Waals surface area contributed by atoms with Gasteiger partial charge in [-0.25, -0.2) is 0 Å². The Morgan fingerprint density at radius 2 is 2.09 bits per heavy atom. The molecule has 0 nitrogen and oxygen atoms in total. The van der Waals surface area contributed by atoms with Crippen LogP contribution in [0.25, 0.3) is 0 Å². The average molecular weight is 150 g/mol. The molecule has 4 aliphatic carbocycles. The van der Waals surface area contributed by atoms with Crippen LogP contribution in [0.5, 0.6) is 0 Å². The quantitative estimate of drug-likeness (QED) is 0.497. The topological polar surface area (TPSA) is 0 Å². The first kappa shape index (κ1) is 6.51. The maximum atomic E-state index is 2.57. The molecule has 4 atom stereocenters. The maximum Gasteiger partial charge on any atom is -0.0266 e. The smallest absolute Gasteiger partial charge is 0.0266 e. The lowest BCUT2D eigenvalue weighted by Crippen LogP contribution is -2.40. The Bertz CT molecular complexity index is 184. The summed E-state index contributed by atoms with van der Waals surface area (Å²) >= 11 is 0. The van der Waals surface area contributed by atoms with E-state index in [9.17, 15) is 0 Å². The molecule has 4 unspecified atom stereocenters. The zero-order valence-corrected chi connectivity index (χ0v) is 7.47. The second-order valence-corrected chi connectivity index (χ2v) is 5.29. The van der Waals surface area contributed by atoms with Gasteiger partial charge in [-0.2, -0.15) is 0 Å². The Labute approximate surface area is 69.4 Å². The molecule has 4 saturated carbocycles. The van der Waals surface area contributed by atoms with Crippen LogP contribution in [-0.2, 0) is 0 Å². The van der Waals surface area contributed by atoms with Gasteiger partial charge in [0, 0.05) is 0 Å². The van der Waals surface area contributed by atoms with Crippen molar-refractivity contribution < 1.29 is 0 Å². The van der Waals surface area contributed by atoms with E-state index in [4.69, 9.17) is 0 Å². The van der Waals surface area contributed by atoms with E-state index in [2.05, 4.69) is 6.92 Å². The van der Waals surface area contributed by atoms with E-state index in [-0.39, 0.29) is 0 Å². The molecule has 0 heteroatoms. The molecular weight excluding hydrogens is 132 g/mol. The molecule has 0 N–H and O–H groups in total. The first-order valence-corrected chi connectivity index (χ1v) is 5.31. The van der Waals surface area contributed by atoms with Gasteiger partial charge in [0.15, 0.2) is 0 Å². The fourth-order valence-corrected chi connectivity index (χ4v) is 4.23.